The van der Waals surface area contributed by atoms with Gasteiger partial charge in [-0.1, -0.05) is 6.07 Å². The molecule has 0 aliphatic rings. The summed E-state index contributed by atoms with van der Waals surface area (Å²) in [5.74, 6) is 0.690. The van der Waals surface area contributed by atoms with Crippen LogP contribution >= 0.6 is 0 Å². The first-order chi connectivity index (χ1) is 9.08. The minimum Gasteiger partial charge on any atom is -0.464 e. The van der Waals surface area contributed by atoms with E-state index in [1.165, 1.54) is 6.92 Å². The highest BCUT2D eigenvalue weighted by Gasteiger charge is 2.15. The van der Waals surface area contributed by atoms with Gasteiger partial charge in [0, 0.05) is 6.92 Å². The molecule has 2 N–H and O–H groups in total. The molecule has 0 unspecified atom stereocenters. The van der Waals surface area contributed by atoms with E-state index in [0.29, 0.717) is 17.3 Å². The number of rotatable bonds is 4. The Labute approximate surface area is 110 Å². The summed E-state index contributed by atoms with van der Waals surface area (Å²) in [5, 5.41) is 7.90. The van der Waals surface area contributed by atoms with E-state index in [1.807, 2.05) is 6.92 Å². The van der Waals surface area contributed by atoms with Crippen molar-refractivity contribution in [1.29, 1.82) is 0 Å². The predicted octanol–water partition coefficient (Wildman–Crippen LogP) is 1.05. The number of aromatic nitrogens is 4. The standard InChI is InChI=1S/C12H15N5O2/c1-8(6-19-9(2)18)17-7-14-16-12(17)10-4-3-5-11(13)15-10/h3-5,7-8H,6H2,1-2H3,(H2,13,15)/t8-/m1/s1. The highest BCUT2D eigenvalue weighted by atomic mass is 16.5. The van der Waals surface area contributed by atoms with Crippen molar-refractivity contribution in [3.05, 3.63) is 24.5 Å². The van der Waals surface area contributed by atoms with Gasteiger partial charge in [-0.25, -0.2) is 4.98 Å². The Bertz CT molecular complexity index is 581. The van der Waals surface area contributed by atoms with Gasteiger partial charge in [-0.3, -0.25) is 4.79 Å². The van der Waals surface area contributed by atoms with Crippen LogP contribution < -0.4 is 5.73 Å². The summed E-state index contributed by atoms with van der Waals surface area (Å²) >= 11 is 0. The van der Waals surface area contributed by atoms with Crippen LogP contribution in [0.3, 0.4) is 0 Å². The molecule has 0 aliphatic carbocycles. The Morgan fingerprint density at radius 3 is 3.00 bits per heavy atom. The largest absolute Gasteiger partial charge is 0.464 e. The molecule has 0 saturated carbocycles. The number of nitrogen functional groups attached to an aromatic ring is 1. The molecule has 0 amide bonds. The Morgan fingerprint density at radius 1 is 1.53 bits per heavy atom. The molecule has 0 radical (unpaired) electrons. The molecule has 19 heavy (non-hydrogen) atoms. The third-order valence-corrected chi connectivity index (χ3v) is 2.58. The molecule has 2 rings (SSSR count). The number of carbonyl (C=O) groups is 1. The van der Waals surface area contributed by atoms with Crippen molar-refractivity contribution < 1.29 is 9.53 Å². The fourth-order valence-electron chi connectivity index (χ4n) is 1.64. The number of hydrogen-bond acceptors (Lipinski definition) is 6. The van der Waals surface area contributed by atoms with Crippen LogP contribution in [0.25, 0.3) is 11.5 Å². The van der Waals surface area contributed by atoms with Crippen LogP contribution in [0.4, 0.5) is 5.82 Å². The Morgan fingerprint density at radius 2 is 2.32 bits per heavy atom. The molecule has 2 heterocycles. The quantitative estimate of drug-likeness (QED) is 0.826. The van der Waals surface area contributed by atoms with Gasteiger partial charge in [0.1, 0.15) is 24.4 Å². The minimum atomic E-state index is -0.316. The van der Waals surface area contributed by atoms with Gasteiger partial charge >= 0.3 is 5.97 Å². The first-order valence-corrected chi connectivity index (χ1v) is 5.83. The van der Waals surface area contributed by atoms with Crippen LogP contribution in [0, 0.1) is 0 Å². The van der Waals surface area contributed by atoms with E-state index in [0.717, 1.165) is 0 Å². The van der Waals surface area contributed by atoms with Gasteiger partial charge in [0.2, 0.25) is 0 Å². The molecule has 7 nitrogen and oxygen atoms in total. The number of anilines is 1. The highest BCUT2D eigenvalue weighted by Crippen LogP contribution is 2.19. The summed E-state index contributed by atoms with van der Waals surface area (Å²) in [5.41, 5.74) is 6.28. The lowest BCUT2D eigenvalue weighted by atomic mass is 10.3. The fourth-order valence-corrected chi connectivity index (χ4v) is 1.64. The number of hydrogen-bond donors (Lipinski definition) is 1. The Kier molecular flexibility index (Phi) is 3.74. The maximum atomic E-state index is 10.8. The molecule has 1 atom stereocenters. The smallest absolute Gasteiger partial charge is 0.302 e. The number of pyridine rings is 1. The second kappa shape index (κ2) is 5.47. The lowest BCUT2D eigenvalue weighted by Crippen LogP contribution is -2.15. The van der Waals surface area contributed by atoms with Crippen molar-refractivity contribution in [1.82, 2.24) is 19.7 Å². The zero-order valence-electron chi connectivity index (χ0n) is 10.8. The molecule has 100 valence electrons. The number of esters is 1. The van der Waals surface area contributed by atoms with Crippen molar-refractivity contribution in [2.24, 2.45) is 0 Å². The van der Waals surface area contributed by atoms with Crippen LogP contribution in [-0.2, 0) is 9.53 Å². The van der Waals surface area contributed by atoms with Gasteiger partial charge in [0.25, 0.3) is 0 Å². The van der Waals surface area contributed by atoms with E-state index < -0.39 is 0 Å². The zero-order valence-corrected chi connectivity index (χ0v) is 10.8. The zero-order chi connectivity index (χ0) is 13.8. The van der Waals surface area contributed by atoms with E-state index in [-0.39, 0.29) is 18.6 Å². The Balaban J connectivity index is 2.24. The number of ether oxygens (including phenoxy) is 1. The molecular weight excluding hydrogens is 246 g/mol. The van der Waals surface area contributed by atoms with Gasteiger partial charge in [-0.15, -0.1) is 10.2 Å². The van der Waals surface area contributed by atoms with Crippen molar-refractivity contribution in [2.45, 2.75) is 19.9 Å². The van der Waals surface area contributed by atoms with E-state index >= 15 is 0 Å². The van der Waals surface area contributed by atoms with Crippen LogP contribution in [0.2, 0.25) is 0 Å². The third-order valence-electron chi connectivity index (χ3n) is 2.58. The Hall–Kier alpha value is -2.44. The van der Waals surface area contributed by atoms with Crippen LogP contribution in [0.15, 0.2) is 24.5 Å². The van der Waals surface area contributed by atoms with E-state index in [2.05, 4.69) is 15.2 Å². The maximum absolute atomic E-state index is 10.8. The van der Waals surface area contributed by atoms with E-state index in [4.69, 9.17) is 10.5 Å². The van der Waals surface area contributed by atoms with Crippen LogP contribution in [0.5, 0.6) is 0 Å². The lowest BCUT2D eigenvalue weighted by Gasteiger charge is -2.14. The molecule has 0 bridgehead atoms. The van der Waals surface area contributed by atoms with Crippen LogP contribution in [-0.4, -0.2) is 32.3 Å². The summed E-state index contributed by atoms with van der Waals surface area (Å²) in [7, 11) is 0. The molecule has 2 aromatic rings. The van der Waals surface area contributed by atoms with Crippen LogP contribution in [0.1, 0.15) is 19.9 Å². The topological polar surface area (TPSA) is 95.9 Å². The molecule has 0 fully saturated rings. The summed E-state index contributed by atoms with van der Waals surface area (Å²) in [6, 6.07) is 5.21. The van der Waals surface area contributed by atoms with Gasteiger partial charge < -0.3 is 15.0 Å². The average Bonchev–Trinajstić information content (AvgIpc) is 2.85. The second-order valence-corrected chi connectivity index (χ2v) is 4.16. The van der Waals surface area contributed by atoms with Gasteiger partial charge in [-0.05, 0) is 19.1 Å². The molecule has 0 aromatic carbocycles. The SMILES string of the molecule is CC(=O)OC[C@@H](C)n1cnnc1-c1cccc(N)n1. The monoisotopic (exact) mass is 261 g/mol. The predicted molar refractivity (Wildman–Crippen MR) is 69.0 cm³/mol. The summed E-state index contributed by atoms with van der Waals surface area (Å²) in [6.07, 6.45) is 1.58. The molecular formula is C12H15N5O2. The minimum absolute atomic E-state index is 0.0860. The summed E-state index contributed by atoms with van der Waals surface area (Å²) < 4.78 is 6.78. The number of nitrogens with zero attached hydrogens (tertiary/aromatic N) is 4. The third kappa shape index (κ3) is 3.06. The second-order valence-electron chi connectivity index (χ2n) is 4.16. The van der Waals surface area contributed by atoms with Gasteiger partial charge in [-0.2, -0.15) is 0 Å². The molecule has 7 heteroatoms. The molecule has 0 spiro atoms. The number of nitrogens with two attached hydrogens (primary N) is 1. The van der Waals surface area contributed by atoms with Gasteiger partial charge in [0.15, 0.2) is 5.82 Å². The van der Waals surface area contributed by atoms with E-state index in [9.17, 15) is 4.79 Å². The summed E-state index contributed by atoms with van der Waals surface area (Å²) in [4.78, 5) is 15.0. The lowest BCUT2D eigenvalue weighted by molar-refractivity contribution is -0.141. The van der Waals surface area contributed by atoms with Crippen molar-refractivity contribution in [2.75, 3.05) is 12.3 Å². The molecule has 0 aliphatic heterocycles. The molecule has 2 aromatic heterocycles. The van der Waals surface area contributed by atoms with Gasteiger partial charge in [0.05, 0.1) is 6.04 Å². The maximum Gasteiger partial charge on any atom is 0.302 e. The first-order valence-electron chi connectivity index (χ1n) is 5.83. The first kappa shape index (κ1) is 13.0. The summed E-state index contributed by atoms with van der Waals surface area (Å²) in [6.45, 7) is 3.53. The fraction of sp³-hybridized carbons (Fsp3) is 0.333. The van der Waals surface area contributed by atoms with Crippen molar-refractivity contribution >= 4 is 11.8 Å². The number of carbonyl (C=O) groups excluding carboxylic acids is 1. The molecule has 0 saturated heterocycles. The average molecular weight is 261 g/mol. The highest BCUT2D eigenvalue weighted by molar-refractivity contribution is 5.65. The van der Waals surface area contributed by atoms with Crippen molar-refractivity contribution in [3.63, 3.8) is 0 Å². The van der Waals surface area contributed by atoms with Crippen molar-refractivity contribution in [3.8, 4) is 11.5 Å². The van der Waals surface area contributed by atoms with E-state index in [1.54, 1.807) is 29.1 Å². The normalized spacial score (nSPS) is 12.1.